The molecular weight excluding hydrogens is 496 g/mol. The van der Waals surface area contributed by atoms with Crippen LogP contribution in [0.15, 0.2) is 66.7 Å². The van der Waals surface area contributed by atoms with Gasteiger partial charge in [0.15, 0.2) is 0 Å². The third-order valence-corrected chi connectivity index (χ3v) is 9.05. The lowest BCUT2D eigenvalue weighted by atomic mass is 9.48. The van der Waals surface area contributed by atoms with Gasteiger partial charge in [0.1, 0.15) is 18.1 Å². The van der Waals surface area contributed by atoms with Crippen molar-refractivity contribution in [2.75, 3.05) is 7.11 Å². The molecule has 4 fully saturated rings. The van der Waals surface area contributed by atoms with Crippen molar-refractivity contribution in [3.8, 4) is 22.6 Å². The zero-order chi connectivity index (χ0) is 26.3. The van der Waals surface area contributed by atoms with Crippen LogP contribution < -0.4 is 9.47 Å². The van der Waals surface area contributed by atoms with E-state index >= 15 is 0 Å². The second-order valence-corrected chi connectivity index (χ2v) is 11.9. The van der Waals surface area contributed by atoms with Gasteiger partial charge >= 0.3 is 5.97 Å². The predicted molar refractivity (Wildman–Crippen MR) is 151 cm³/mol. The lowest BCUT2D eigenvalue weighted by Gasteiger charge is -2.57. The fourth-order valence-electron chi connectivity index (χ4n) is 7.76. The summed E-state index contributed by atoms with van der Waals surface area (Å²) in [6.07, 6.45) is 10.4. The molecular formula is C33H33ClO4. The lowest BCUT2D eigenvalue weighted by molar-refractivity contribution is -0.131. The van der Waals surface area contributed by atoms with Gasteiger partial charge in [-0.25, -0.2) is 4.79 Å². The number of carboxylic acids is 1. The highest BCUT2D eigenvalue weighted by Crippen LogP contribution is 2.62. The van der Waals surface area contributed by atoms with Gasteiger partial charge < -0.3 is 14.6 Å². The van der Waals surface area contributed by atoms with E-state index in [1.165, 1.54) is 50.2 Å². The number of rotatable bonds is 8. The number of hydrogen-bond acceptors (Lipinski definition) is 3. The Hall–Kier alpha value is -3.24. The van der Waals surface area contributed by atoms with Gasteiger partial charge in [0, 0.05) is 27.8 Å². The van der Waals surface area contributed by atoms with Crippen molar-refractivity contribution in [1.29, 1.82) is 0 Å². The number of aliphatic carboxylic acids is 1. The maximum atomic E-state index is 11.2. The van der Waals surface area contributed by atoms with E-state index in [-0.39, 0.29) is 5.41 Å². The summed E-state index contributed by atoms with van der Waals surface area (Å²) in [6.45, 7) is 0.532. The van der Waals surface area contributed by atoms with E-state index in [4.69, 9.17) is 21.1 Å². The van der Waals surface area contributed by atoms with Crippen LogP contribution in [0.4, 0.5) is 0 Å². The second kappa shape index (κ2) is 10.1. The molecule has 0 heterocycles. The molecule has 0 aromatic heterocycles. The predicted octanol–water partition coefficient (Wildman–Crippen LogP) is 8.16. The molecule has 0 saturated heterocycles. The summed E-state index contributed by atoms with van der Waals surface area (Å²) in [5.41, 5.74) is 5.08. The number of carbonyl (C=O) groups is 1. The first-order chi connectivity index (χ1) is 18.4. The minimum absolute atomic E-state index is 0.134. The Kier molecular flexibility index (Phi) is 6.69. The molecule has 0 unspecified atom stereocenters. The summed E-state index contributed by atoms with van der Waals surface area (Å²) in [4.78, 5) is 11.2. The van der Waals surface area contributed by atoms with Gasteiger partial charge in [-0.2, -0.15) is 0 Å². The van der Waals surface area contributed by atoms with Crippen molar-refractivity contribution in [2.24, 2.45) is 17.8 Å². The zero-order valence-corrected chi connectivity index (χ0v) is 22.4. The Morgan fingerprint density at radius 2 is 1.68 bits per heavy atom. The lowest BCUT2D eigenvalue weighted by Crippen LogP contribution is -2.48. The first-order valence-corrected chi connectivity index (χ1v) is 13.9. The second-order valence-electron chi connectivity index (χ2n) is 11.4. The molecule has 0 radical (unpaired) electrons. The fourth-order valence-corrected chi connectivity index (χ4v) is 7.98. The minimum Gasteiger partial charge on any atom is -0.495 e. The van der Waals surface area contributed by atoms with Crippen molar-refractivity contribution in [1.82, 2.24) is 0 Å². The number of benzene rings is 3. The Bertz CT molecular complexity index is 1340. The average Bonchev–Trinajstić information content (AvgIpc) is 2.90. The average molecular weight is 529 g/mol. The molecule has 4 saturated carbocycles. The molecule has 4 aliphatic rings. The summed E-state index contributed by atoms with van der Waals surface area (Å²) < 4.78 is 12.3. The third-order valence-electron chi connectivity index (χ3n) is 8.83. The summed E-state index contributed by atoms with van der Waals surface area (Å²) in [7, 11) is 1.61. The third kappa shape index (κ3) is 4.82. The SMILES string of the molecule is COc1c(/C=C/C(=O)O)cc(Cl)cc1-c1ccc(OCc2ccccc2)c(C23CC4CC(CC(C4)C2)C3)c1. The number of methoxy groups -OCH3 is 1. The van der Waals surface area contributed by atoms with E-state index in [1.807, 2.05) is 24.3 Å². The molecule has 0 amide bonds. The molecule has 0 spiro atoms. The highest BCUT2D eigenvalue weighted by Gasteiger charge is 2.52. The van der Waals surface area contributed by atoms with E-state index in [0.29, 0.717) is 22.9 Å². The van der Waals surface area contributed by atoms with Crippen molar-refractivity contribution in [2.45, 2.75) is 50.5 Å². The summed E-state index contributed by atoms with van der Waals surface area (Å²) >= 11 is 6.53. The first kappa shape index (κ1) is 25.1. The fraction of sp³-hybridized carbons (Fsp3) is 0.364. The Morgan fingerprint density at radius 1 is 1.00 bits per heavy atom. The van der Waals surface area contributed by atoms with Crippen molar-refractivity contribution < 1.29 is 19.4 Å². The maximum absolute atomic E-state index is 11.2. The van der Waals surface area contributed by atoms with Gasteiger partial charge in [0.2, 0.25) is 0 Å². The molecule has 0 atom stereocenters. The number of ether oxygens (including phenoxy) is 2. The van der Waals surface area contributed by atoms with Crippen molar-refractivity contribution >= 4 is 23.6 Å². The van der Waals surface area contributed by atoms with E-state index in [1.54, 1.807) is 13.2 Å². The smallest absolute Gasteiger partial charge is 0.328 e. The van der Waals surface area contributed by atoms with Crippen LogP contribution in [0.5, 0.6) is 11.5 Å². The van der Waals surface area contributed by atoms with Gasteiger partial charge in [-0.1, -0.05) is 48.0 Å². The van der Waals surface area contributed by atoms with Crippen LogP contribution in [-0.4, -0.2) is 18.2 Å². The molecule has 4 aliphatic carbocycles. The number of hydrogen-bond donors (Lipinski definition) is 1. The summed E-state index contributed by atoms with van der Waals surface area (Å²) in [5.74, 6) is 2.98. The van der Waals surface area contributed by atoms with Gasteiger partial charge in [0.05, 0.1) is 7.11 Å². The van der Waals surface area contributed by atoms with Gasteiger partial charge in [-0.05, 0) is 103 Å². The largest absolute Gasteiger partial charge is 0.495 e. The Balaban J connectivity index is 1.45. The normalized spacial score (nSPS) is 25.6. The maximum Gasteiger partial charge on any atom is 0.328 e. The highest BCUT2D eigenvalue weighted by molar-refractivity contribution is 6.31. The molecule has 38 heavy (non-hydrogen) atoms. The topological polar surface area (TPSA) is 55.8 Å². The van der Waals surface area contributed by atoms with Gasteiger partial charge in [0.25, 0.3) is 0 Å². The quantitative estimate of drug-likeness (QED) is 0.300. The summed E-state index contributed by atoms with van der Waals surface area (Å²) in [6, 6.07) is 20.4. The molecule has 1 N–H and O–H groups in total. The van der Waals surface area contributed by atoms with Gasteiger partial charge in [-0.3, -0.25) is 0 Å². The van der Waals surface area contributed by atoms with Crippen LogP contribution in [0.3, 0.4) is 0 Å². The van der Waals surface area contributed by atoms with Crippen LogP contribution in [0, 0.1) is 17.8 Å². The highest BCUT2D eigenvalue weighted by atomic mass is 35.5. The molecule has 4 nitrogen and oxygen atoms in total. The van der Waals surface area contributed by atoms with Gasteiger partial charge in [-0.15, -0.1) is 0 Å². The molecule has 0 aliphatic heterocycles. The van der Waals surface area contributed by atoms with Crippen LogP contribution in [0.1, 0.15) is 55.2 Å². The van der Waals surface area contributed by atoms with Crippen molar-refractivity contribution in [3.05, 3.63) is 88.5 Å². The van der Waals surface area contributed by atoms with E-state index in [9.17, 15) is 9.90 Å². The standard InChI is InChI=1S/C33H33ClO4/c1-37-32-26(8-10-31(35)36)14-27(34)16-28(32)25-7-9-30(38-20-21-5-3-2-4-6-21)29(15-25)33-17-22-11-23(18-33)13-24(12-22)19-33/h2-10,14-16,22-24H,11-13,17-20H2,1H3,(H,35,36)/b10-8+. The first-order valence-electron chi connectivity index (χ1n) is 13.5. The molecule has 3 aromatic rings. The monoisotopic (exact) mass is 528 g/mol. The van der Waals surface area contributed by atoms with Crippen LogP contribution in [0.25, 0.3) is 17.2 Å². The Labute approximate surface area is 229 Å². The molecule has 7 rings (SSSR count). The van der Waals surface area contributed by atoms with Crippen LogP contribution >= 0.6 is 11.6 Å². The van der Waals surface area contributed by atoms with Crippen LogP contribution in [-0.2, 0) is 16.8 Å². The van der Waals surface area contributed by atoms with E-state index in [2.05, 4.69) is 30.3 Å². The van der Waals surface area contributed by atoms with Crippen molar-refractivity contribution in [3.63, 3.8) is 0 Å². The minimum atomic E-state index is -1.02. The molecule has 5 heteroatoms. The molecule has 4 bridgehead atoms. The molecule has 196 valence electrons. The number of carboxylic acid groups (broad SMARTS) is 1. The van der Waals surface area contributed by atoms with E-state index in [0.717, 1.165) is 46.3 Å². The summed E-state index contributed by atoms with van der Waals surface area (Å²) in [5, 5.41) is 9.70. The zero-order valence-electron chi connectivity index (χ0n) is 21.7. The Morgan fingerprint density at radius 3 is 2.32 bits per heavy atom. The number of halogens is 1. The van der Waals surface area contributed by atoms with E-state index < -0.39 is 5.97 Å². The van der Waals surface area contributed by atoms with Crippen LogP contribution in [0.2, 0.25) is 5.02 Å². The molecule has 3 aromatic carbocycles.